The van der Waals surface area contributed by atoms with Crippen molar-refractivity contribution in [1.82, 2.24) is 0 Å². The monoisotopic (exact) mass is 629 g/mol. The molecule has 0 aliphatic heterocycles. The number of nitrogens with zero attached hydrogens (tertiary/aromatic N) is 1. The SMILES string of the molecule is c1ccc(-c2ccc(N(c3cccc(-c4ccccc4)c3)c3cccc(-c4cccc5ccc6sc7ccccc7c6c45)c3)cc2)cc1. The highest BCUT2D eigenvalue weighted by Crippen LogP contribution is 2.44. The molecular weight excluding hydrogens is 599 g/mol. The van der Waals surface area contributed by atoms with E-state index in [0.717, 1.165) is 17.1 Å². The van der Waals surface area contributed by atoms with Gasteiger partial charge in [0.15, 0.2) is 0 Å². The van der Waals surface area contributed by atoms with Crippen LogP contribution in [-0.4, -0.2) is 0 Å². The molecule has 226 valence electrons. The molecule has 1 heterocycles. The molecule has 8 aromatic carbocycles. The van der Waals surface area contributed by atoms with Gasteiger partial charge in [-0.05, 0) is 92.7 Å². The predicted octanol–water partition coefficient (Wildman–Crippen LogP) is 13.7. The van der Waals surface area contributed by atoms with Crippen molar-refractivity contribution in [1.29, 1.82) is 0 Å². The van der Waals surface area contributed by atoms with Gasteiger partial charge in [0.1, 0.15) is 0 Å². The number of anilines is 3. The first-order chi connectivity index (χ1) is 23.8. The zero-order valence-electron chi connectivity index (χ0n) is 26.3. The molecule has 0 aliphatic carbocycles. The summed E-state index contributed by atoms with van der Waals surface area (Å²) in [4.78, 5) is 2.38. The lowest BCUT2D eigenvalue weighted by atomic mass is 9.94. The average Bonchev–Trinajstić information content (AvgIpc) is 3.55. The molecule has 9 aromatic rings. The van der Waals surface area contributed by atoms with Crippen molar-refractivity contribution in [3.8, 4) is 33.4 Å². The number of hydrogen-bond acceptors (Lipinski definition) is 2. The van der Waals surface area contributed by atoms with Crippen LogP contribution in [0.15, 0.2) is 188 Å². The van der Waals surface area contributed by atoms with Gasteiger partial charge in [0, 0.05) is 37.2 Å². The summed E-state index contributed by atoms with van der Waals surface area (Å²) in [6.45, 7) is 0. The summed E-state index contributed by atoms with van der Waals surface area (Å²) in [5.41, 5.74) is 10.6. The first-order valence-electron chi connectivity index (χ1n) is 16.3. The molecule has 0 amide bonds. The Hall–Kier alpha value is -5.96. The van der Waals surface area contributed by atoms with Crippen LogP contribution in [0.4, 0.5) is 17.1 Å². The molecule has 0 unspecified atom stereocenters. The molecule has 0 saturated heterocycles. The maximum atomic E-state index is 2.38. The van der Waals surface area contributed by atoms with Crippen molar-refractivity contribution < 1.29 is 0 Å². The van der Waals surface area contributed by atoms with Gasteiger partial charge in [0.05, 0.1) is 0 Å². The Balaban J connectivity index is 1.22. The van der Waals surface area contributed by atoms with Crippen LogP contribution in [0.5, 0.6) is 0 Å². The normalized spacial score (nSPS) is 11.3. The summed E-state index contributed by atoms with van der Waals surface area (Å²) in [6.07, 6.45) is 0. The number of thiophene rings is 1. The van der Waals surface area contributed by atoms with Gasteiger partial charge in [-0.25, -0.2) is 0 Å². The summed E-state index contributed by atoms with van der Waals surface area (Å²) >= 11 is 1.87. The number of rotatable bonds is 6. The molecule has 0 radical (unpaired) electrons. The fourth-order valence-corrected chi connectivity index (χ4v) is 8.10. The van der Waals surface area contributed by atoms with Crippen LogP contribution in [0.2, 0.25) is 0 Å². The molecule has 1 aromatic heterocycles. The summed E-state index contributed by atoms with van der Waals surface area (Å²) in [5.74, 6) is 0. The van der Waals surface area contributed by atoms with E-state index in [2.05, 4.69) is 193 Å². The standard InChI is InChI=1S/C46H31NS/c1-3-12-32(13-4-1)34-24-27-38(28-25-34)47(39-19-9-17-36(30-39)33-14-5-2-6-15-33)40-20-10-18-37(31-40)41-22-11-16-35-26-29-44-46(45(35)41)42-21-7-8-23-43(42)48-44/h1-31H. The first-order valence-corrected chi connectivity index (χ1v) is 17.2. The Bertz CT molecular complexity index is 2550. The van der Waals surface area contributed by atoms with Gasteiger partial charge >= 0.3 is 0 Å². The lowest BCUT2D eigenvalue weighted by Crippen LogP contribution is -2.10. The van der Waals surface area contributed by atoms with Crippen LogP contribution < -0.4 is 4.90 Å². The molecule has 0 saturated carbocycles. The molecule has 0 bridgehead atoms. The van der Waals surface area contributed by atoms with Crippen molar-refractivity contribution in [2.75, 3.05) is 4.90 Å². The fourth-order valence-electron chi connectivity index (χ4n) is 6.98. The van der Waals surface area contributed by atoms with Gasteiger partial charge in [-0.1, -0.05) is 140 Å². The third kappa shape index (κ3) is 5.04. The minimum Gasteiger partial charge on any atom is -0.310 e. The van der Waals surface area contributed by atoms with Crippen LogP contribution in [-0.2, 0) is 0 Å². The Morgan fingerprint density at radius 3 is 1.67 bits per heavy atom. The highest BCUT2D eigenvalue weighted by Gasteiger charge is 2.17. The van der Waals surface area contributed by atoms with E-state index in [1.54, 1.807) is 0 Å². The van der Waals surface area contributed by atoms with E-state index >= 15 is 0 Å². The number of benzene rings is 8. The van der Waals surface area contributed by atoms with E-state index in [1.165, 1.54) is 64.3 Å². The fraction of sp³-hybridized carbons (Fsp3) is 0. The van der Waals surface area contributed by atoms with Crippen LogP contribution in [0, 0.1) is 0 Å². The zero-order valence-corrected chi connectivity index (χ0v) is 27.1. The van der Waals surface area contributed by atoms with Gasteiger partial charge in [-0.2, -0.15) is 0 Å². The molecule has 2 heteroatoms. The summed E-state index contributed by atoms with van der Waals surface area (Å²) in [7, 11) is 0. The van der Waals surface area contributed by atoms with Gasteiger partial charge in [0.2, 0.25) is 0 Å². The lowest BCUT2D eigenvalue weighted by Gasteiger charge is -2.27. The van der Waals surface area contributed by atoms with E-state index in [1.807, 2.05) is 11.3 Å². The van der Waals surface area contributed by atoms with E-state index in [9.17, 15) is 0 Å². The second-order valence-corrected chi connectivity index (χ2v) is 13.2. The predicted molar refractivity (Wildman–Crippen MR) is 208 cm³/mol. The minimum atomic E-state index is 1.11. The smallest absolute Gasteiger partial charge is 0.0467 e. The summed E-state index contributed by atoms with van der Waals surface area (Å²) < 4.78 is 2.65. The lowest BCUT2D eigenvalue weighted by molar-refractivity contribution is 1.28. The molecular formula is C46H31NS. The zero-order chi connectivity index (χ0) is 31.9. The number of hydrogen-bond donors (Lipinski definition) is 0. The van der Waals surface area contributed by atoms with Crippen LogP contribution >= 0.6 is 11.3 Å². The minimum absolute atomic E-state index is 1.11. The largest absolute Gasteiger partial charge is 0.310 e. The molecule has 9 rings (SSSR count). The van der Waals surface area contributed by atoms with Gasteiger partial charge in [0.25, 0.3) is 0 Å². The van der Waals surface area contributed by atoms with Crippen LogP contribution in [0.3, 0.4) is 0 Å². The van der Waals surface area contributed by atoms with E-state index in [-0.39, 0.29) is 0 Å². The molecule has 0 spiro atoms. The Kier molecular flexibility index (Phi) is 7.07. The highest BCUT2D eigenvalue weighted by molar-refractivity contribution is 7.26. The van der Waals surface area contributed by atoms with Gasteiger partial charge in [-0.3, -0.25) is 0 Å². The molecule has 0 atom stereocenters. The number of fused-ring (bicyclic) bond motifs is 5. The van der Waals surface area contributed by atoms with Crippen LogP contribution in [0.25, 0.3) is 64.3 Å². The van der Waals surface area contributed by atoms with Crippen molar-refractivity contribution in [2.24, 2.45) is 0 Å². The van der Waals surface area contributed by atoms with Crippen molar-refractivity contribution in [2.45, 2.75) is 0 Å². The average molecular weight is 630 g/mol. The third-order valence-electron chi connectivity index (χ3n) is 9.24. The van der Waals surface area contributed by atoms with Gasteiger partial charge < -0.3 is 4.90 Å². The van der Waals surface area contributed by atoms with E-state index < -0.39 is 0 Å². The maximum Gasteiger partial charge on any atom is 0.0467 e. The molecule has 0 fully saturated rings. The Morgan fingerprint density at radius 1 is 0.333 bits per heavy atom. The topological polar surface area (TPSA) is 3.24 Å². The van der Waals surface area contributed by atoms with E-state index in [4.69, 9.17) is 0 Å². The second-order valence-electron chi connectivity index (χ2n) is 12.2. The van der Waals surface area contributed by atoms with Crippen molar-refractivity contribution in [3.63, 3.8) is 0 Å². The molecule has 48 heavy (non-hydrogen) atoms. The van der Waals surface area contributed by atoms with E-state index in [0.29, 0.717) is 0 Å². The quantitative estimate of drug-likeness (QED) is 0.177. The molecule has 0 aliphatic rings. The summed E-state index contributed by atoms with van der Waals surface area (Å²) in [5, 5.41) is 5.25. The third-order valence-corrected chi connectivity index (χ3v) is 10.4. The highest BCUT2D eigenvalue weighted by atomic mass is 32.1. The first kappa shape index (κ1) is 28.3. The Morgan fingerprint density at radius 2 is 0.917 bits per heavy atom. The second kappa shape index (κ2) is 12.0. The van der Waals surface area contributed by atoms with Gasteiger partial charge in [-0.15, -0.1) is 11.3 Å². The molecule has 0 N–H and O–H groups in total. The van der Waals surface area contributed by atoms with Crippen LogP contribution in [0.1, 0.15) is 0 Å². The van der Waals surface area contributed by atoms with Crippen molar-refractivity contribution in [3.05, 3.63) is 188 Å². The molecule has 1 nitrogen and oxygen atoms in total. The Labute approximate surface area is 284 Å². The van der Waals surface area contributed by atoms with Crippen molar-refractivity contribution >= 4 is 59.3 Å². The summed E-state index contributed by atoms with van der Waals surface area (Å²) in [6, 6.07) is 68.1. The maximum absolute atomic E-state index is 2.38.